The van der Waals surface area contributed by atoms with E-state index >= 15 is 0 Å². The highest BCUT2D eigenvalue weighted by Crippen LogP contribution is 2.33. The van der Waals surface area contributed by atoms with Crippen molar-refractivity contribution < 1.29 is 27.1 Å². The largest absolute Gasteiger partial charge is 0.416 e. The van der Waals surface area contributed by atoms with Crippen LogP contribution < -0.4 is 10.2 Å². The zero-order valence-corrected chi connectivity index (χ0v) is 19.3. The second-order valence-corrected chi connectivity index (χ2v) is 9.19. The van der Waals surface area contributed by atoms with Gasteiger partial charge in [0.25, 0.3) is 0 Å². The van der Waals surface area contributed by atoms with E-state index in [9.17, 15) is 22.4 Å². The summed E-state index contributed by atoms with van der Waals surface area (Å²) < 4.78 is 57.7. The van der Waals surface area contributed by atoms with Crippen LogP contribution in [0.25, 0.3) is 0 Å². The Morgan fingerprint density at radius 2 is 1.79 bits per heavy atom. The van der Waals surface area contributed by atoms with Gasteiger partial charge in [-0.1, -0.05) is 0 Å². The monoisotopic (exact) mass is 473 g/mol. The molecule has 1 heterocycles. The minimum absolute atomic E-state index is 0.106. The minimum Gasteiger partial charge on any atom is -0.385 e. The lowest BCUT2D eigenvalue weighted by molar-refractivity contribution is -0.137. The van der Waals surface area contributed by atoms with Gasteiger partial charge < -0.3 is 15.0 Å². The first-order valence-electron chi connectivity index (χ1n) is 11.9. The molecule has 1 aliphatic carbocycles. The number of alkyl halides is 3. The van der Waals surface area contributed by atoms with Gasteiger partial charge in [-0.15, -0.1) is 0 Å². The number of methoxy groups -OCH3 is 1. The predicted molar refractivity (Wildman–Crippen MR) is 120 cm³/mol. The van der Waals surface area contributed by atoms with E-state index in [-0.39, 0.29) is 11.9 Å². The van der Waals surface area contributed by atoms with Crippen LogP contribution in [0.2, 0.25) is 0 Å². The molecule has 1 amide bonds. The molecular formula is C24H35F4N3O2. The van der Waals surface area contributed by atoms with Crippen LogP contribution in [0.4, 0.5) is 23.2 Å². The van der Waals surface area contributed by atoms with Gasteiger partial charge in [0.05, 0.1) is 5.56 Å². The Balaban J connectivity index is 1.36. The van der Waals surface area contributed by atoms with Crippen LogP contribution in [0.15, 0.2) is 18.2 Å². The van der Waals surface area contributed by atoms with Gasteiger partial charge in [-0.2, -0.15) is 13.2 Å². The van der Waals surface area contributed by atoms with Crippen molar-refractivity contribution in [2.24, 2.45) is 5.92 Å². The fraction of sp³-hybridized carbons (Fsp3) is 0.708. The van der Waals surface area contributed by atoms with Crippen LogP contribution in [0.5, 0.6) is 0 Å². The number of ether oxygens (including phenoxy) is 1. The lowest BCUT2D eigenvalue weighted by Crippen LogP contribution is -2.47. The number of rotatable bonds is 9. The molecule has 1 aromatic carbocycles. The molecule has 1 saturated carbocycles. The lowest BCUT2D eigenvalue weighted by Gasteiger charge is -2.37. The maximum atomic E-state index is 13.7. The number of carbonyl (C=O) groups is 1. The summed E-state index contributed by atoms with van der Waals surface area (Å²) >= 11 is 0. The molecule has 1 aliphatic heterocycles. The molecule has 5 nitrogen and oxygen atoms in total. The highest BCUT2D eigenvalue weighted by atomic mass is 19.4. The first kappa shape index (κ1) is 25.7. The van der Waals surface area contributed by atoms with E-state index in [0.717, 1.165) is 64.2 Å². The van der Waals surface area contributed by atoms with Gasteiger partial charge >= 0.3 is 6.18 Å². The third-order valence-electron chi connectivity index (χ3n) is 6.77. The van der Waals surface area contributed by atoms with Crippen LogP contribution in [0, 0.1) is 11.7 Å². The number of anilines is 1. The van der Waals surface area contributed by atoms with Crippen LogP contribution in [-0.2, 0) is 15.7 Å². The molecule has 0 atom stereocenters. The molecule has 0 bridgehead atoms. The molecule has 0 radical (unpaired) electrons. The number of nitrogens with zero attached hydrogens (tertiary/aromatic N) is 2. The van der Waals surface area contributed by atoms with Gasteiger partial charge in [-0.25, -0.2) is 4.39 Å². The summed E-state index contributed by atoms with van der Waals surface area (Å²) in [6, 6.07) is 3.03. The van der Waals surface area contributed by atoms with E-state index in [2.05, 4.69) is 10.2 Å². The normalized spacial score (nSPS) is 22.4. The average Bonchev–Trinajstić information content (AvgIpc) is 2.78. The summed E-state index contributed by atoms with van der Waals surface area (Å²) in [6.07, 6.45) is 2.02. The Morgan fingerprint density at radius 3 is 2.42 bits per heavy atom. The molecule has 1 saturated heterocycles. The molecular weight excluding hydrogens is 438 g/mol. The van der Waals surface area contributed by atoms with Gasteiger partial charge in [-0.3, -0.25) is 9.69 Å². The molecule has 0 aromatic heterocycles. The Kier molecular flexibility index (Phi) is 9.37. The molecule has 0 unspecified atom stereocenters. The predicted octanol–water partition coefficient (Wildman–Crippen LogP) is 4.46. The lowest BCUT2D eigenvalue weighted by atomic mass is 9.84. The topological polar surface area (TPSA) is 44.8 Å². The molecule has 1 aromatic rings. The zero-order chi connectivity index (χ0) is 23.8. The number of piperazine rings is 1. The smallest absolute Gasteiger partial charge is 0.385 e. The Hall–Kier alpha value is -1.87. The summed E-state index contributed by atoms with van der Waals surface area (Å²) in [5.74, 6) is -0.111. The second-order valence-electron chi connectivity index (χ2n) is 9.19. The van der Waals surface area contributed by atoms with E-state index in [4.69, 9.17) is 4.74 Å². The number of nitrogens with one attached hydrogen (secondary N) is 1. The number of amides is 1. The molecule has 9 heteroatoms. The van der Waals surface area contributed by atoms with E-state index in [1.807, 2.05) is 4.90 Å². The Morgan fingerprint density at radius 1 is 1.09 bits per heavy atom. The number of hydrogen-bond donors (Lipinski definition) is 1. The van der Waals surface area contributed by atoms with E-state index in [1.54, 1.807) is 7.11 Å². The fourth-order valence-corrected chi connectivity index (χ4v) is 4.79. The number of hydrogen-bond acceptors (Lipinski definition) is 4. The third-order valence-corrected chi connectivity index (χ3v) is 6.77. The highest BCUT2D eigenvalue weighted by Gasteiger charge is 2.32. The van der Waals surface area contributed by atoms with Crippen molar-refractivity contribution in [3.05, 3.63) is 29.6 Å². The first-order valence-corrected chi connectivity index (χ1v) is 11.9. The van der Waals surface area contributed by atoms with E-state index in [1.165, 1.54) is 6.07 Å². The summed E-state index contributed by atoms with van der Waals surface area (Å²) in [5.41, 5.74) is -0.647. The Bertz CT molecular complexity index is 759. The van der Waals surface area contributed by atoms with Crippen molar-refractivity contribution >= 4 is 11.6 Å². The van der Waals surface area contributed by atoms with E-state index in [0.29, 0.717) is 43.8 Å². The van der Waals surface area contributed by atoms with Crippen LogP contribution in [0.3, 0.4) is 0 Å². The van der Waals surface area contributed by atoms with Gasteiger partial charge in [-0.05, 0) is 69.2 Å². The maximum absolute atomic E-state index is 13.7. The summed E-state index contributed by atoms with van der Waals surface area (Å²) in [6.45, 7) is 4.25. The minimum atomic E-state index is -4.55. The molecule has 186 valence electrons. The number of benzene rings is 1. The van der Waals surface area contributed by atoms with Crippen LogP contribution in [0.1, 0.15) is 50.5 Å². The molecule has 2 fully saturated rings. The number of carbonyl (C=O) groups excluding carboxylic acids is 1. The molecule has 1 N–H and O–H groups in total. The standard InChI is InChI=1S/C24H35F4N3O2/c1-33-14-2-3-23(32)29-21-6-4-18(5-7-21)8-9-30-10-12-31(13-11-30)22-16-19(24(26,27)28)15-20(25)17-22/h15-18,21H,2-14H2,1H3,(H,29,32)/t18-,21-. The van der Waals surface area contributed by atoms with Gasteiger partial charge in [0.1, 0.15) is 5.82 Å². The van der Waals surface area contributed by atoms with Crippen molar-refractivity contribution in [2.75, 3.05) is 51.3 Å². The second kappa shape index (κ2) is 12.0. The molecule has 33 heavy (non-hydrogen) atoms. The Labute approximate surface area is 193 Å². The summed E-state index contributed by atoms with van der Waals surface area (Å²) in [5, 5.41) is 3.13. The SMILES string of the molecule is COCCCC(=O)N[C@H]1CC[C@H](CCN2CCN(c3cc(F)cc(C(F)(F)F)c3)CC2)CC1. The van der Waals surface area contributed by atoms with Crippen LogP contribution in [-0.4, -0.2) is 63.3 Å². The molecule has 0 spiro atoms. The van der Waals surface area contributed by atoms with Gasteiger partial charge in [0.15, 0.2) is 0 Å². The van der Waals surface area contributed by atoms with Gasteiger partial charge in [0, 0.05) is 58.0 Å². The highest BCUT2D eigenvalue weighted by molar-refractivity contribution is 5.76. The first-order chi connectivity index (χ1) is 15.7. The van der Waals surface area contributed by atoms with Gasteiger partial charge in [0.2, 0.25) is 5.91 Å². The fourth-order valence-electron chi connectivity index (χ4n) is 4.79. The summed E-state index contributed by atoms with van der Waals surface area (Å²) in [4.78, 5) is 16.1. The molecule has 3 rings (SSSR count). The van der Waals surface area contributed by atoms with Crippen molar-refractivity contribution in [2.45, 2.75) is 57.2 Å². The van der Waals surface area contributed by atoms with Crippen molar-refractivity contribution in [1.29, 1.82) is 0 Å². The van der Waals surface area contributed by atoms with Crippen molar-refractivity contribution in [1.82, 2.24) is 10.2 Å². The molecule has 2 aliphatic rings. The maximum Gasteiger partial charge on any atom is 0.416 e. The van der Waals surface area contributed by atoms with Crippen molar-refractivity contribution in [3.63, 3.8) is 0 Å². The summed E-state index contributed by atoms with van der Waals surface area (Å²) in [7, 11) is 1.64. The average molecular weight is 474 g/mol. The third kappa shape index (κ3) is 8.14. The zero-order valence-electron chi connectivity index (χ0n) is 19.3. The quantitative estimate of drug-likeness (QED) is 0.425. The van der Waals surface area contributed by atoms with Crippen molar-refractivity contribution in [3.8, 4) is 0 Å². The number of halogens is 4. The van der Waals surface area contributed by atoms with E-state index < -0.39 is 17.6 Å². The van der Waals surface area contributed by atoms with Crippen LogP contribution >= 0.6 is 0 Å².